The fourth-order valence-corrected chi connectivity index (χ4v) is 2.00. The van der Waals surface area contributed by atoms with Gasteiger partial charge in [0.15, 0.2) is 0 Å². The normalized spacial score (nSPS) is 26.1. The third-order valence-corrected chi connectivity index (χ3v) is 3.15. The van der Waals surface area contributed by atoms with Gasteiger partial charge in [0.1, 0.15) is 0 Å². The number of aryl methyl sites for hydroxylation is 1. The molecule has 0 nitrogen and oxygen atoms in total. The Kier molecular flexibility index (Phi) is 2.49. The van der Waals surface area contributed by atoms with E-state index in [9.17, 15) is 13.2 Å². The molecule has 82 valence electrons. The average molecular weight is 214 g/mol. The molecule has 0 heterocycles. The first-order valence-corrected chi connectivity index (χ1v) is 5.10. The lowest BCUT2D eigenvalue weighted by molar-refractivity contribution is -0.197. The second kappa shape index (κ2) is 3.54. The first-order chi connectivity index (χ1) is 6.97. The topological polar surface area (TPSA) is 0 Å². The Hall–Kier alpha value is -0.990. The highest BCUT2D eigenvalue weighted by atomic mass is 19.4. The molecule has 1 saturated carbocycles. The first kappa shape index (κ1) is 10.5. The molecule has 1 aromatic rings. The number of hydrogen-bond acceptors (Lipinski definition) is 0. The Morgan fingerprint density at radius 3 is 2.07 bits per heavy atom. The van der Waals surface area contributed by atoms with E-state index in [4.69, 9.17) is 0 Å². The van der Waals surface area contributed by atoms with Crippen molar-refractivity contribution < 1.29 is 13.2 Å². The van der Waals surface area contributed by atoms with Crippen molar-refractivity contribution in [1.29, 1.82) is 0 Å². The predicted molar refractivity (Wildman–Crippen MR) is 52.7 cm³/mol. The molecule has 0 N–H and O–H groups in total. The number of benzene rings is 1. The molecule has 0 spiro atoms. The van der Waals surface area contributed by atoms with Crippen molar-refractivity contribution in [3.63, 3.8) is 0 Å². The highest BCUT2D eigenvalue weighted by Crippen LogP contribution is 2.49. The number of hydrogen-bond donors (Lipinski definition) is 0. The average Bonchev–Trinajstić information content (AvgIpc) is 2.03. The van der Waals surface area contributed by atoms with Crippen molar-refractivity contribution in [2.75, 3.05) is 0 Å². The van der Waals surface area contributed by atoms with Gasteiger partial charge < -0.3 is 0 Å². The van der Waals surface area contributed by atoms with Crippen molar-refractivity contribution in [2.45, 2.75) is 31.9 Å². The Morgan fingerprint density at radius 1 is 1.07 bits per heavy atom. The Bertz CT molecular complexity index is 331. The van der Waals surface area contributed by atoms with Crippen LogP contribution in [0.2, 0.25) is 0 Å². The highest BCUT2D eigenvalue weighted by Gasteiger charge is 2.47. The van der Waals surface area contributed by atoms with E-state index < -0.39 is 12.1 Å². The van der Waals surface area contributed by atoms with E-state index in [0.29, 0.717) is 0 Å². The fourth-order valence-electron chi connectivity index (χ4n) is 2.00. The molecule has 0 radical (unpaired) electrons. The number of rotatable bonds is 1. The molecule has 0 aliphatic heterocycles. The van der Waals surface area contributed by atoms with E-state index in [1.807, 2.05) is 31.2 Å². The van der Waals surface area contributed by atoms with Crippen LogP contribution in [-0.2, 0) is 0 Å². The molecule has 1 fully saturated rings. The van der Waals surface area contributed by atoms with Gasteiger partial charge in [0.25, 0.3) is 0 Å². The maximum atomic E-state index is 12.3. The molecular formula is C12H13F3. The second-order valence-electron chi connectivity index (χ2n) is 4.32. The third kappa shape index (κ3) is 2.16. The van der Waals surface area contributed by atoms with Gasteiger partial charge in [-0.15, -0.1) is 0 Å². The molecule has 1 aromatic carbocycles. The standard InChI is InChI=1S/C12H13F3/c1-8-2-4-9(5-3-8)10-6-11(7-10)12(13,14)15/h2-5,10-11H,6-7H2,1H3. The predicted octanol–water partition coefficient (Wildman–Crippen LogP) is 4.05. The van der Waals surface area contributed by atoms with Gasteiger partial charge in [0.05, 0.1) is 5.92 Å². The van der Waals surface area contributed by atoms with Crippen LogP contribution in [0.4, 0.5) is 13.2 Å². The maximum Gasteiger partial charge on any atom is 0.391 e. The van der Waals surface area contributed by atoms with Gasteiger partial charge >= 0.3 is 6.18 Å². The van der Waals surface area contributed by atoms with E-state index in [2.05, 4.69) is 0 Å². The quantitative estimate of drug-likeness (QED) is 0.661. The highest BCUT2D eigenvalue weighted by molar-refractivity contribution is 5.26. The summed E-state index contributed by atoms with van der Waals surface area (Å²) < 4.78 is 36.8. The Balaban J connectivity index is 1.98. The monoisotopic (exact) mass is 214 g/mol. The lowest BCUT2D eigenvalue weighted by Crippen LogP contribution is -2.34. The third-order valence-electron chi connectivity index (χ3n) is 3.15. The molecule has 0 aromatic heterocycles. The molecular weight excluding hydrogens is 201 g/mol. The van der Waals surface area contributed by atoms with Crippen LogP contribution in [0.25, 0.3) is 0 Å². The number of halogens is 3. The van der Waals surface area contributed by atoms with Crippen LogP contribution in [0.5, 0.6) is 0 Å². The summed E-state index contributed by atoms with van der Waals surface area (Å²) >= 11 is 0. The minimum absolute atomic E-state index is 0.109. The summed E-state index contributed by atoms with van der Waals surface area (Å²) in [4.78, 5) is 0. The Morgan fingerprint density at radius 2 is 1.60 bits per heavy atom. The van der Waals surface area contributed by atoms with Gasteiger partial charge in [-0.2, -0.15) is 13.2 Å². The van der Waals surface area contributed by atoms with E-state index in [-0.39, 0.29) is 18.8 Å². The lowest BCUT2D eigenvalue weighted by Gasteiger charge is -2.36. The van der Waals surface area contributed by atoms with Crippen molar-refractivity contribution in [3.8, 4) is 0 Å². The fraction of sp³-hybridized carbons (Fsp3) is 0.500. The van der Waals surface area contributed by atoms with Crippen molar-refractivity contribution in [2.24, 2.45) is 5.92 Å². The van der Waals surface area contributed by atoms with Gasteiger partial charge in [-0.1, -0.05) is 29.8 Å². The molecule has 1 aliphatic rings. The summed E-state index contributed by atoms with van der Waals surface area (Å²) in [5, 5.41) is 0. The van der Waals surface area contributed by atoms with Gasteiger partial charge in [0, 0.05) is 0 Å². The summed E-state index contributed by atoms with van der Waals surface area (Å²) in [6.07, 6.45) is -3.49. The smallest absolute Gasteiger partial charge is 0.171 e. The van der Waals surface area contributed by atoms with Crippen LogP contribution < -0.4 is 0 Å². The van der Waals surface area contributed by atoms with Crippen molar-refractivity contribution in [1.82, 2.24) is 0 Å². The summed E-state index contributed by atoms with van der Waals surface area (Å²) in [6, 6.07) is 7.78. The van der Waals surface area contributed by atoms with Gasteiger partial charge in [-0.05, 0) is 31.2 Å². The van der Waals surface area contributed by atoms with Crippen LogP contribution in [0.1, 0.15) is 29.9 Å². The summed E-state index contributed by atoms with van der Waals surface area (Å²) in [6.45, 7) is 1.98. The molecule has 0 atom stereocenters. The SMILES string of the molecule is Cc1ccc(C2CC(C(F)(F)F)C2)cc1. The van der Waals surface area contributed by atoms with Crippen LogP contribution in [0.3, 0.4) is 0 Å². The van der Waals surface area contributed by atoms with Crippen LogP contribution in [0.15, 0.2) is 24.3 Å². The number of alkyl halides is 3. The summed E-state index contributed by atoms with van der Waals surface area (Å²) in [5.41, 5.74) is 2.19. The molecule has 3 heteroatoms. The van der Waals surface area contributed by atoms with Gasteiger partial charge in [-0.3, -0.25) is 0 Å². The van der Waals surface area contributed by atoms with E-state index in [0.717, 1.165) is 11.1 Å². The zero-order valence-corrected chi connectivity index (χ0v) is 8.51. The first-order valence-electron chi connectivity index (χ1n) is 5.10. The minimum Gasteiger partial charge on any atom is -0.171 e. The molecule has 1 aliphatic carbocycles. The minimum atomic E-state index is -4.00. The largest absolute Gasteiger partial charge is 0.391 e. The summed E-state index contributed by atoms with van der Waals surface area (Å²) in [7, 11) is 0. The molecule has 2 rings (SSSR count). The van der Waals surface area contributed by atoms with E-state index >= 15 is 0 Å². The summed E-state index contributed by atoms with van der Waals surface area (Å²) in [5.74, 6) is -0.971. The van der Waals surface area contributed by atoms with Crippen LogP contribution in [0, 0.1) is 12.8 Å². The van der Waals surface area contributed by atoms with Crippen molar-refractivity contribution >= 4 is 0 Å². The maximum absolute atomic E-state index is 12.3. The second-order valence-corrected chi connectivity index (χ2v) is 4.32. The van der Waals surface area contributed by atoms with Gasteiger partial charge in [0.2, 0.25) is 0 Å². The molecule has 15 heavy (non-hydrogen) atoms. The van der Waals surface area contributed by atoms with Gasteiger partial charge in [-0.25, -0.2) is 0 Å². The lowest BCUT2D eigenvalue weighted by atomic mass is 9.71. The molecule has 0 amide bonds. The van der Waals surface area contributed by atoms with E-state index in [1.165, 1.54) is 0 Å². The molecule has 0 bridgehead atoms. The van der Waals surface area contributed by atoms with Crippen LogP contribution in [-0.4, -0.2) is 6.18 Å². The molecule has 0 unspecified atom stereocenters. The Labute approximate surface area is 87.1 Å². The van der Waals surface area contributed by atoms with Crippen LogP contribution >= 0.6 is 0 Å². The zero-order chi connectivity index (χ0) is 11.1. The van der Waals surface area contributed by atoms with Crippen molar-refractivity contribution in [3.05, 3.63) is 35.4 Å². The molecule has 0 saturated heterocycles. The zero-order valence-electron chi connectivity index (χ0n) is 8.51. The van der Waals surface area contributed by atoms with E-state index in [1.54, 1.807) is 0 Å².